The second-order valence-electron chi connectivity index (χ2n) is 4.07. The van der Waals surface area contributed by atoms with Crippen LogP contribution in [-0.2, 0) is 4.79 Å². The molecule has 17 heavy (non-hydrogen) atoms. The largest absolute Gasteiger partial charge is 0.508 e. The number of anilines is 1. The Kier molecular flexibility index (Phi) is 2.99. The van der Waals surface area contributed by atoms with Gasteiger partial charge in [0.15, 0.2) is 5.78 Å². The van der Waals surface area contributed by atoms with Crippen molar-refractivity contribution in [3.8, 4) is 5.75 Å². The number of phenols is 1. The Hall–Kier alpha value is -2.04. The van der Waals surface area contributed by atoms with Gasteiger partial charge < -0.3 is 10.0 Å². The van der Waals surface area contributed by atoms with Crippen LogP contribution < -0.4 is 4.90 Å². The molecule has 0 saturated carbocycles. The standard InChI is InChI=1S/C12H14N2O3/c1-13(9-2-4-10(15)5-3-9)12(17)14-7-6-11(16)8-14/h2-5,15H,6-8H2,1H3. The van der Waals surface area contributed by atoms with Gasteiger partial charge in [-0.25, -0.2) is 4.79 Å². The van der Waals surface area contributed by atoms with E-state index in [1.54, 1.807) is 19.2 Å². The lowest BCUT2D eigenvalue weighted by Crippen LogP contribution is -2.39. The third kappa shape index (κ3) is 2.38. The first-order valence-electron chi connectivity index (χ1n) is 5.41. The molecule has 1 heterocycles. The van der Waals surface area contributed by atoms with Crippen molar-refractivity contribution in [3.63, 3.8) is 0 Å². The summed E-state index contributed by atoms with van der Waals surface area (Å²) in [5.41, 5.74) is 0.687. The summed E-state index contributed by atoms with van der Waals surface area (Å²) >= 11 is 0. The number of phenolic OH excluding ortho intramolecular Hbond substituents is 1. The number of ketones is 1. The van der Waals surface area contributed by atoms with Gasteiger partial charge in [0.25, 0.3) is 0 Å². The van der Waals surface area contributed by atoms with Crippen LogP contribution in [0.3, 0.4) is 0 Å². The monoisotopic (exact) mass is 234 g/mol. The molecule has 1 aliphatic heterocycles. The van der Waals surface area contributed by atoms with E-state index in [0.29, 0.717) is 18.7 Å². The van der Waals surface area contributed by atoms with E-state index in [2.05, 4.69) is 0 Å². The lowest BCUT2D eigenvalue weighted by molar-refractivity contribution is -0.116. The number of amides is 2. The predicted molar refractivity (Wildman–Crippen MR) is 63.1 cm³/mol. The zero-order valence-electron chi connectivity index (χ0n) is 9.59. The van der Waals surface area contributed by atoms with Crippen molar-refractivity contribution < 1.29 is 14.7 Å². The topological polar surface area (TPSA) is 60.9 Å². The molecule has 0 aromatic heterocycles. The van der Waals surface area contributed by atoms with Crippen LogP contribution in [0.15, 0.2) is 24.3 Å². The first kappa shape index (κ1) is 11.4. The number of hydrogen-bond acceptors (Lipinski definition) is 3. The molecule has 1 saturated heterocycles. The Bertz CT molecular complexity index is 442. The fraction of sp³-hybridized carbons (Fsp3) is 0.333. The van der Waals surface area contributed by atoms with Gasteiger partial charge in [0.2, 0.25) is 0 Å². The van der Waals surface area contributed by atoms with E-state index < -0.39 is 0 Å². The molecule has 1 aliphatic rings. The molecule has 0 bridgehead atoms. The summed E-state index contributed by atoms with van der Waals surface area (Å²) in [6.45, 7) is 0.682. The van der Waals surface area contributed by atoms with Gasteiger partial charge in [-0.1, -0.05) is 0 Å². The van der Waals surface area contributed by atoms with Gasteiger partial charge in [0.1, 0.15) is 5.75 Å². The zero-order chi connectivity index (χ0) is 12.4. The van der Waals surface area contributed by atoms with E-state index in [9.17, 15) is 9.59 Å². The van der Waals surface area contributed by atoms with Crippen LogP contribution in [0.2, 0.25) is 0 Å². The molecule has 1 fully saturated rings. The van der Waals surface area contributed by atoms with Crippen LogP contribution in [0, 0.1) is 0 Å². The molecule has 0 aliphatic carbocycles. The molecule has 5 heteroatoms. The first-order chi connectivity index (χ1) is 8.08. The van der Waals surface area contributed by atoms with Crippen LogP contribution in [0.5, 0.6) is 5.75 Å². The summed E-state index contributed by atoms with van der Waals surface area (Å²) < 4.78 is 0. The fourth-order valence-corrected chi connectivity index (χ4v) is 1.79. The van der Waals surface area contributed by atoms with E-state index >= 15 is 0 Å². The molecule has 5 nitrogen and oxygen atoms in total. The predicted octanol–water partition coefficient (Wildman–Crippen LogP) is 1.22. The van der Waals surface area contributed by atoms with Gasteiger partial charge in [-0.05, 0) is 24.3 Å². The van der Waals surface area contributed by atoms with Crippen LogP contribution in [0.25, 0.3) is 0 Å². The highest BCUT2D eigenvalue weighted by Crippen LogP contribution is 2.19. The van der Waals surface area contributed by atoms with Gasteiger partial charge in [-0.2, -0.15) is 0 Å². The number of benzene rings is 1. The minimum absolute atomic E-state index is 0.0949. The van der Waals surface area contributed by atoms with Crippen LogP contribution >= 0.6 is 0 Å². The maximum absolute atomic E-state index is 12.0. The molecule has 0 radical (unpaired) electrons. The number of urea groups is 1. The number of rotatable bonds is 1. The molecule has 0 atom stereocenters. The SMILES string of the molecule is CN(C(=O)N1CCC(=O)C1)c1ccc(O)cc1. The van der Waals surface area contributed by atoms with Crippen molar-refractivity contribution in [1.82, 2.24) is 4.90 Å². The number of Topliss-reactive ketones (excluding diaryl/α,β-unsaturated/α-hetero) is 1. The van der Waals surface area contributed by atoms with Crippen LogP contribution in [-0.4, -0.2) is 42.0 Å². The maximum Gasteiger partial charge on any atom is 0.324 e. The third-order valence-electron chi connectivity index (χ3n) is 2.82. The highest BCUT2D eigenvalue weighted by molar-refractivity contribution is 5.96. The van der Waals surface area contributed by atoms with Gasteiger partial charge in [-0.3, -0.25) is 9.69 Å². The quantitative estimate of drug-likeness (QED) is 0.794. The van der Waals surface area contributed by atoms with Gasteiger partial charge in [0, 0.05) is 25.7 Å². The fourth-order valence-electron chi connectivity index (χ4n) is 1.79. The second kappa shape index (κ2) is 4.45. The Morgan fingerprint density at radius 2 is 2.00 bits per heavy atom. The second-order valence-corrected chi connectivity index (χ2v) is 4.07. The number of aromatic hydroxyl groups is 1. The van der Waals surface area contributed by atoms with E-state index in [-0.39, 0.29) is 24.1 Å². The highest BCUT2D eigenvalue weighted by atomic mass is 16.3. The summed E-state index contributed by atoms with van der Waals surface area (Å²) in [5, 5.41) is 9.16. The number of carbonyl (C=O) groups is 2. The summed E-state index contributed by atoms with van der Waals surface area (Å²) in [7, 11) is 1.65. The maximum atomic E-state index is 12.0. The number of likely N-dealkylation sites (tertiary alicyclic amines) is 1. The van der Waals surface area contributed by atoms with Crippen LogP contribution in [0.4, 0.5) is 10.5 Å². The molecule has 0 spiro atoms. The Labute approximate surface area is 99.3 Å². The van der Waals surface area contributed by atoms with Gasteiger partial charge >= 0.3 is 6.03 Å². The Morgan fingerprint density at radius 1 is 1.35 bits per heavy atom. The minimum atomic E-state index is -0.193. The summed E-state index contributed by atoms with van der Waals surface area (Å²) in [4.78, 5) is 26.1. The van der Waals surface area contributed by atoms with Crippen molar-refractivity contribution in [1.29, 1.82) is 0 Å². The van der Waals surface area contributed by atoms with Crippen molar-refractivity contribution in [2.45, 2.75) is 6.42 Å². The third-order valence-corrected chi connectivity index (χ3v) is 2.82. The molecule has 90 valence electrons. The molecule has 1 aromatic rings. The van der Waals surface area contributed by atoms with Crippen molar-refractivity contribution in [2.75, 3.05) is 25.0 Å². The molecule has 2 amide bonds. The lowest BCUT2D eigenvalue weighted by atomic mass is 10.3. The summed E-state index contributed by atoms with van der Waals surface area (Å²) in [5.74, 6) is 0.253. The molecule has 1 N–H and O–H groups in total. The number of hydrogen-bond donors (Lipinski definition) is 1. The number of nitrogens with zero attached hydrogens (tertiary/aromatic N) is 2. The molecule has 2 rings (SSSR count). The molecule has 0 unspecified atom stereocenters. The van der Waals surface area contributed by atoms with Gasteiger partial charge in [0.05, 0.1) is 6.54 Å². The number of carbonyl (C=O) groups excluding carboxylic acids is 2. The van der Waals surface area contributed by atoms with E-state index in [1.807, 2.05) is 0 Å². The zero-order valence-corrected chi connectivity index (χ0v) is 9.59. The highest BCUT2D eigenvalue weighted by Gasteiger charge is 2.26. The normalized spacial score (nSPS) is 15.1. The smallest absolute Gasteiger partial charge is 0.324 e. The van der Waals surface area contributed by atoms with E-state index in [4.69, 9.17) is 5.11 Å². The molecule has 1 aromatic carbocycles. The molecular formula is C12H14N2O3. The summed E-state index contributed by atoms with van der Waals surface area (Å²) in [6.07, 6.45) is 0.440. The lowest BCUT2D eigenvalue weighted by Gasteiger charge is -2.23. The van der Waals surface area contributed by atoms with Crippen LogP contribution in [0.1, 0.15) is 6.42 Å². The van der Waals surface area contributed by atoms with Crippen molar-refractivity contribution in [2.24, 2.45) is 0 Å². The molecular weight excluding hydrogens is 220 g/mol. The average Bonchev–Trinajstić information content (AvgIpc) is 2.75. The van der Waals surface area contributed by atoms with E-state index in [0.717, 1.165) is 0 Å². The Morgan fingerprint density at radius 3 is 2.53 bits per heavy atom. The van der Waals surface area contributed by atoms with Crippen molar-refractivity contribution >= 4 is 17.5 Å². The van der Waals surface area contributed by atoms with E-state index in [1.165, 1.54) is 21.9 Å². The van der Waals surface area contributed by atoms with Crippen molar-refractivity contribution in [3.05, 3.63) is 24.3 Å². The minimum Gasteiger partial charge on any atom is -0.508 e. The summed E-state index contributed by atoms with van der Waals surface area (Å²) in [6, 6.07) is 6.17. The average molecular weight is 234 g/mol. The first-order valence-corrected chi connectivity index (χ1v) is 5.41. The Balaban J connectivity index is 2.09. The van der Waals surface area contributed by atoms with Gasteiger partial charge in [-0.15, -0.1) is 0 Å².